The average Bonchev–Trinajstić information content (AvgIpc) is 3.27. The van der Waals surface area contributed by atoms with Gasteiger partial charge in [0.25, 0.3) is 5.69 Å². The van der Waals surface area contributed by atoms with E-state index in [-0.39, 0.29) is 11.7 Å². The molecule has 9 heteroatoms. The largest absolute Gasteiger partial charge is 0.493 e. The van der Waals surface area contributed by atoms with Crippen molar-refractivity contribution in [1.29, 1.82) is 0 Å². The topological polar surface area (TPSA) is 104 Å². The van der Waals surface area contributed by atoms with E-state index in [4.69, 9.17) is 13.9 Å². The van der Waals surface area contributed by atoms with Crippen LogP contribution in [0.25, 0.3) is 11.5 Å². The zero-order valence-corrected chi connectivity index (χ0v) is 17.0. The molecule has 0 unspecified atom stereocenters. The van der Waals surface area contributed by atoms with Gasteiger partial charge in [-0.25, -0.2) is 0 Å². The molecule has 1 aromatic heterocycles. The number of benzene rings is 2. The predicted molar refractivity (Wildman–Crippen MR) is 108 cm³/mol. The van der Waals surface area contributed by atoms with Gasteiger partial charge in [0.05, 0.1) is 25.2 Å². The first-order valence-corrected chi connectivity index (χ1v) is 9.56. The summed E-state index contributed by atoms with van der Waals surface area (Å²) < 4.78 is 16.7. The van der Waals surface area contributed by atoms with E-state index in [0.29, 0.717) is 23.1 Å². The Bertz CT molecular complexity index is 1060. The molecule has 3 aromatic rings. The Morgan fingerprint density at radius 3 is 2.40 bits per heavy atom. The lowest BCUT2D eigenvalue weighted by molar-refractivity contribution is -0.384. The maximum Gasteiger partial charge on any atom is 0.269 e. The quantitative estimate of drug-likeness (QED) is 0.447. The normalized spacial score (nSPS) is 14.8. The number of nitro benzene ring substituents is 1. The highest BCUT2D eigenvalue weighted by molar-refractivity contribution is 5.55. The maximum atomic E-state index is 10.8. The van der Waals surface area contributed by atoms with Gasteiger partial charge in [0.15, 0.2) is 11.5 Å². The van der Waals surface area contributed by atoms with Crippen LogP contribution in [-0.2, 0) is 13.0 Å². The third kappa shape index (κ3) is 3.71. The van der Waals surface area contributed by atoms with Crippen molar-refractivity contribution >= 4 is 5.69 Å². The first-order chi connectivity index (χ1) is 14.5. The van der Waals surface area contributed by atoms with Crippen LogP contribution in [0, 0.1) is 10.1 Å². The van der Waals surface area contributed by atoms with Crippen molar-refractivity contribution in [1.82, 2.24) is 15.1 Å². The highest BCUT2D eigenvalue weighted by Gasteiger charge is 2.27. The number of non-ortho nitro benzene ring substituents is 1. The first kappa shape index (κ1) is 19.8. The Labute approximate surface area is 173 Å². The van der Waals surface area contributed by atoms with Crippen molar-refractivity contribution in [3.05, 3.63) is 63.5 Å². The predicted octanol–water partition coefficient (Wildman–Crippen LogP) is 3.78. The molecule has 0 aliphatic carbocycles. The van der Waals surface area contributed by atoms with Gasteiger partial charge >= 0.3 is 0 Å². The second kappa shape index (κ2) is 8.11. The van der Waals surface area contributed by atoms with E-state index in [1.165, 1.54) is 23.3 Å². The van der Waals surface area contributed by atoms with E-state index in [9.17, 15) is 10.1 Å². The summed E-state index contributed by atoms with van der Waals surface area (Å²) in [6.45, 7) is 3.60. The third-order valence-electron chi connectivity index (χ3n) is 5.42. The molecule has 9 nitrogen and oxygen atoms in total. The summed E-state index contributed by atoms with van der Waals surface area (Å²) in [7, 11) is 3.27. The van der Waals surface area contributed by atoms with E-state index < -0.39 is 4.92 Å². The molecule has 0 radical (unpaired) electrons. The zero-order valence-electron chi connectivity index (χ0n) is 17.0. The van der Waals surface area contributed by atoms with Crippen molar-refractivity contribution in [3.63, 3.8) is 0 Å². The standard InChI is InChI=1S/C21H22N4O5/c1-13(20-22-23-21(30-20)14-4-6-17(7-5-14)25(26)27)24-9-8-15-10-18(28-2)19(29-3)11-16(15)12-24/h4-7,10-11,13H,8-9,12H2,1-3H3/t13-/m0/s1. The van der Waals surface area contributed by atoms with Crippen LogP contribution in [0.3, 0.4) is 0 Å². The number of fused-ring (bicyclic) bond motifs is 1. The molecule has 2 aromatic carbocycles. The summed E-state index contributed by atoms with van der Waals surface area (Å²) in [6.07, 6.45) is 0.878. The molecule has 0 bridgehead atoms. The van der Waals surface area contributed by atoms with E-state index in [1.807, 2.05) is 19.1 Å². The highest BCUT2D eigenvalue weighted by atomic mass is 16.6. The minimum Gasteiger partial charge on any atom is -0.493 e. The van der Waals surface area contributed by atoms with Crippen molar-refractivity contribution in [2.75, 3.05) is 20.8 Å². The van der Waals surface area contributed by atoms with Crippen LogP contribution in [0.15, 0.2) is 40.8 Å². The van der Waals surface area contributed by atoms with Gasteiger partial charge in [0.1, 0.15) is 0 Å². The summed E-state index contributed by atoms with van der Waals surface area (Å²) in [6, 6.07) is 10.0. The van der Waals surface area contributed by atoms with Crippen LogP contribution in [0.4, 0.5) is 5.69 Å². The molecular weight excluding hydrogens is 388 g/mol. The monoisotopic (exact) mass is 410 g/mol. The number of ether oxygens (including phenoxy) is 2. The van der Waals surface area contributed by atoms with Gasteiger partial charge < -0.3 is 13.9 Å². The number of rotatable bonds is 6. The summed E-state index contributed by atoms with van der Waals surface area (Å²) in [5.41, 5.74) is 3.09. The van der Waals surface area contributed by atoms with E-state index in [2.05, 4.69) is 15.1 Å². The molecule has 0 spiro atoms. The molecule has 1 atom stereocenters. The fourth-order valence-electron chi connectivity index (χ4n) is 3.64. The van der Waals surface area contributed by atoms with E-state index in [1.54, 1.807) is 26.4 Å². The molecule has 30 heavy (non-hydrogen) atoms. The van der Waals surface area contributed by atoms with Gasteiger partial charge in [-0.3, -0.25) is 15.0 Å². The van der Waals surface area contributed by atoms with Crippen LogP contribution in [0.1, 0.15) is 30.0 Å². The lowest BCUT2D eigenvalue weighted by Crippen LogP contribution is -2.33. The number of nitrogens with zero attached hydrogens (tertiary/aromatic N) is 4. The van der Waals surface area contributed by atoms with Crippen molar-refractivity contribution in [2.24, 2.45) is 0 Å². The number of aromatic nitrogens is 2. The van der Waals surface area contributed by atoms with Crippen LogP contribution in [0.5, 0.6) is 11.5 Å². The Morgan fingerprint density at radius 1 is 1.10 bits per heavy atom. The minimum atomic E-state index is -0.441. The molecule has 1 aliphatic rings. The summed E-state index contributed by atoms with van der Waals surface area (Å²) in [4.78, 5) is 12.6. The second-order valence-electron chi connectivity index (χ2n) is 7.12. The smallest absolute Gasteiger partial charge is 0.269 e. The molecule has 0 fully saturated rings. The molecular formula is C21H22N4O5. The Balaban J connectivity index is 1.52. The van der Waals surface area contributed by atoms with Crippen molar-refractivity contribution < 1.29 is 18.8 Å². The minimum absolute atomic E-state index is 0.0193. The first-order valence-electron chi connectivity index (χ1n) is 9.56. The van der Waals surface area contributed by atoms with E-state index in [0.717, 1.165) is 25.3 Å². The van der Waals surface area contributed by atoms with Gasteiger partial charge in [-0.05, 0) is 48.7 Å². The van der Waals surface area contributed by atoms with E-state index >= 15 is 0 Å². The number of methoxy groups -OCH3 is 2. The van der Waals surface area contributed by atoms with Gasteiger partial charge in [-0.1, -0.05) is 0 Å². The van der Waals surface area contributed by atoms with Gasteiger partial charge in [0, 0.05) is 30.8 Å². The van der Waals surface area contributed by atoms with Gasteiger partial charge in [-0.2, -0.15) is 0 Å². The molecule has 4 rings (SSSR count). The average molecular weight is 410 g/mol. The van der Waals surface area contributed by atoms with Crippen LogP contribution >= 0.6 is 0 Å². The van der Waals surface area contributed by atoms with Crippen LogP contribution in [0.2, 0.25) is 0 Å². The van der Waals surface area contributed by atoms with Crippen LogP contribution in [-0.4, -0.2) is 40.8 Å². The fraction of sp³-hybridized carbons (Fsp3) is 0.333. The molecule has 0 saturated heterocycles. The molecule has 0 amide bonds. The summed E-state index contributed by atoms with van der Waals surface area (Å²) >= 11 is 0. The molecule has 0 saturated carbocycles. The van der Waals surface area contributed by atoms with Gasteiger partial charge in [-0.15, -0.1) is 10.2 Å². The second-order valence-corrected chi connectivity index (χ2v) is 7.12. The fourth-order valence-corrected chi connectivity index (χ4v) is 3.64. The van der Waals surface area contributed by atoms with Crippen LogP contribution < -0.4 is 9.47 Å². The Kier molecular flexibility index (Phi) is 5.37. The molecule has 2 heterocycles. The summed E-state index contributed by atoms with van der Waals surface area (Å²) in [5, 5.41) is 19.1. The Hall–Kier alpha value is -3.46. The number of nitro groups is 1. The Morgan fingerprint density at radius 2 is 1.77 bits per heavy atom. The molecule has 1 aliphatic heterocycles. The number of hydrogen-bond donors (Lipinski definition) is 0. The highest BCUT2D eigenvalue weighted by Crippen LogP contribution is 2.35. The number of hydrogen-bond acceptors (Lipinski definition) is 8. The lowest BCUT2D eigenvalue weighted by Gasteiger charge is -2.32. The third-order valence-corrected chi connectivity index (χ3v) is 5.42. The SMILES string of the molecule is COc1cc2c(cc1OC)CN([C@@H](C)c1nnc(-c3ccc([N+](=O)[O-])cc3)o1)CC2. The molecule has 156 valence electrons. The summed E-state index contributed by atoms with van der Waals surface area (Å²) in [5.74, 6) is 2.30. The molecule has 0 N–H and O–H groups in total. The lowest BCUT2D eigenvalue weighted by atomic mass is 9.97. The van der Waals surface area contributed by atoms with Crippen molar-refractivity contribution in [2.45, 2.75) is 25.9 Å². The van der Waals surface area contributed by atoms with Crippen molar-refractivity contribution in [3.8, 4) is 23.0 Å². The van der Waals surface area contributed by atoms with Gasteiger partial charge in [0.2, 0.25) is 11.8 Å². The maximum absolute atomic E-state index is 10.8. The zero-order chi connectivity index (χ0) is 21.3.